The fourth-order valence-electron chi connectivity index (χ4n) is 3.73. The lowest BCUT2D eigenvalue weighted by Crippen LogP contribution is -2.37. The number of benzene rings is 1. The molecule has 2 heterocycles. The molecule has 1 saturated heterocycles. The molecule has 1 aliphatic rings. The molecule has 0 unspecified atom stereocenters. The van der Waals surface area contributed by atoms with Crippen LogP contribution in [0, 0.1) is 0 Å². The van der Waals surface area contributed by atoms with Gasteiger partial charge in [-0.25, -0.2) is 0 Å². The first-order valence-corrected chi connectivity index (χ1v) is 10.3. The van der Waals surface area contributed by atoms with Crippen LogP contribution >= 0.6 is 0 Å². The monoisotopic (exact) mass is 383 g/mol. The maximum Gasteiger partial charge on any atom is 0.292 e. The van der Waals surface area contributed by atoms with E-state index in [9.17, 15) is 14.4 Å². The molecule has 0 saturated carbocycles. The van der Waals surface area contributed by atoms with Crippen molar-refractivity contribution in [3.05, 3.63) is 36.0 Å². The van der Waals surface area contributed by atoms with Crippen LogP contribution in [0.25, 0.3) is 10.9 Å². The van der Waals surface area contributed by atoms with Crippen LogP contribution in [0.3, 0.4) is 0 Å². The number of unbranched alkanes of at least 4 members (excludes halogenated alkanes) is 2. The first-order chi connectivity index (χ1) is 13.6. The Balaban J connectivity index is 1.77. The Hall–Kier alpha value is -2.63. The van der Waals surface area contributed by atoms with Crippen LogP contribution in [0.2, 0.25) is 0 Å². The van der Waals surface area contributed by atoms with Crippen LogP contribution < -0.4 is 5.32 Å². The average Bonchev–Trinajstić information content (AvgIpc) is 3.09. The summed E-state index contributed by atoms with van der Waals surface area (Å²) in [6, 6.07) is 7.43. The minimum Gasteiger partial charge on any atom is -0.349 e. The Bertz CT molecular complexity index is 850. The fraction of sp³-hybridized carbons (Fsp3) is 0.500. The van der Waals surface area contributed by atoms with Gasteiger partial charge in [0.05, 0.1) is 5.56 Å². The molecule has 0 spiro atoms. The van der Waals surface area contributed by atoms with Crippen LogP contribution in [0.1, 0.15) is 55.8 Å². The van der Waals surface area contributed by atoms with Crippen LogP contribution in [-0.4, -0.2) is 46.7 Å². The SMILES string of the molecule is CCCCCNC(=O)C(=O)c1cn(CC(=O)N2CCCCC2)c2ccccc12. The van der Waals surface area contributed by atoms with Gasteiger partial charge in [0.25, 0.3) is 11.7 Å². The number of nitrogens with one attached hydrogen (secondary N) is 1. The number of carbonyl (C=O) groups excluding carboxylic acids is 3. The summed E-state index contributed by atoms with van der Waals surface area (Å²) in [5.74, 6) is -1.07. The van der Waals surface area contributed by atoms with E-state index in [-0.39, 0.29) is 12.5 Å². The number of ketones is 1. The van der Waals surface area contributed by atoms with Crippen molar-refractivity contribution >= 4 is 28.5 Å². The lowest BCUT2D eigenvalue weighted by atomic mass is 10.1. The number of carbonyl (C=O) groups is 3. The minimum absolute atomic E-state index is 0.0588. The van der Waals surface area contributed by atoms with Gasteiger partial charge >= 0.3 is 0 Å². The van der Waals surface area contributed by atoms with E-state index < -0.39 is 11.7 Å². The quantitative estimate of drug-likeness (QED) is 0.432. The van der Waals surface area contributed by atoms with E-state index in [0.717, 1.165) is 50.7 Å². The molecule has 6 nitrogen and oxygen atoms in total. The minimum atomic E-state index is -0.582. The maximum absolute atomic E-state index is 12.7. The highest BCUT2D eigenvalue weighted by atomic mass is 16.2. The Morgan fingerprint density at radius 1 is 1.04 bits per heavy atom. The number of hydrogen-bond donors (Lipinski definition) is 1. The first kappa shape index (κ1) is 20.1. The third-order valence-electron chi connectivity index (χ3n) is 5.32. The molecule has 2 aromatic rings. The maximum atomic E-state index is 12.7. The molecule has 1 aromatic carbocycles. The fourth-order valence-corrected chi connectivity index (χ4v) is 3.73. The zero-order valence-corrected chi connectivity index (χ0v) is 16.6. The van der Waals surface area contributed by atoms with Gasteiger partial charge in [0.1, 0.15) is 6.54 Å². The first-order valence-electron chi connectivity index (χ1n) is 10.3. The summed E-state index contributed by atoms with van der Waals surface area (Å²) < 4.78 is 1.80. The standard InChI is InChI=1S/C22H29N3O3/c1-2-3-7-12-23-22(28)21(27)18-15-25(19-11-6-5-10-17(18)19)16-20(26)24-13-8-4-9-14-24/h5-6,10-11,15H,2-4,7-9,12-14,16H2,1H3,(H,23,28). The smallest absolute Gasteiger partial charge is 0.292 e. The van der Waals surface area contributed by atoms with Crippen LogP contribution in [0.15, 0.2) is 30.5 Å². The van der Waals surface area contributed by atoms with Crippen LogP contribution in [-0.2, 0) is 16.1 Å². The molecule has 28 heavy (non-hydrogen) atoms. The number of likely N-dealkylation sites (tertiary alicyclic amines) is 1. The second-order valence-corrected chi connectivity index (χ2v) is 7.42. The predicted octanol–water partition coefficient (Wildman–Crippen LogP) is 3.14. The highest BCUT2D eigenvalue weighted by Gasteiger charge is 2.23. The van der Waals surface area contributed by atoms with Gasteiger partial charge in [-0.3, -0.25) is 14.4 Å². The van der Waals surface area contributed by atoms with Gasteiger partial charge in [-0.15, -0.1) is 0 Å². The zero-order chi connectivity index (χ0) is 19.9. The number of piperidine rings is 1. The topological polar surface area (TPSA) is 71.4 Å². The molecule has 150 valence electrons. The van der Waals surface area contributed by atoms with E-state index in [2.05, 4.69) is 12.2 Å². The van der Waals surface area contributed by atoms with Gasteiger partial charge in [0, 0.05) is 36.7 Å². The molecule has 0 atom stereocenters. The molecule has 1 aromatic heterocycles. The third-order valence-corrected chi connectivity index (χ3v) is 5.32. The molecular weight excluding hydrogens is 354 g/mol. The highest BCUT2D eigenvalue weighted by Crippen LogP contribution is 2.22. The van der Waals surface area contributed by atoms with E-state index in [1.807, 2.05) is 29.2 Å². The Labute approximate surface area is 165 Å². The number of amides is 2. The molecule has 1 aliphatic heterocycles. The molecule has 3 rings (SSSR count). The van der Waals surface area contributed by atoms with Gasteiger partial charge in [-0.1, -0.05) is 38.0 Å². The summed E-state index contributed by atoms with van der Waals surface area (Å²) in [7, 11) is 0. The van der Waals surface area contributed by atoms with Crippen molar-refractivity contribution in [1.29, 1.82) is 0 Å². The summed E-state index contributed by atoms with van der Waals surface area (Å²) in [5.41, 5.74) is 1.16. The zero-order valence-electron chi connectivity index (χ0n) is 16.6. The van der Waals surface area contributed by atoms with Crippen molar-refractivity contribution in [2.24, 2.45) is 0 Å². The summed E-state index contributed by atoms with van der Waals surface area (Å²) >= 11 is 0. The summed E-state index contributed by atoms with van der Waals surface area (Å²) in [5, 5.41) is 3.42. The van der Waals surface area contributed by atoms with E-state index in [0.29, 0.717) is 17.5 Å². The van der Waals surface area contributed by atoms with Crippen molar-refractivity contribution in [3.8, 4) is 0 Å². The lowest BCUT2D eigenvalue weighted by Gasteiger charge is -2.27. The Morgan fingerprint density at radius 3 is 2.54 bits per heavy atom. The summed E-state index contributed by atoms with van der Waals surface area (Å²) in [4.78, 5) is 39.5. The van der Waals surface area contributed by atoms with Crippen molar-refractivity contribution in [1.82, 2.24) is 14.8 Å². The summed E-state index contributed by atoms with van der Waals surface area (Å²) in [6.07, 6.45) is 7.85. The Morgan fingerprint density at radius 2 is 1.79 bits per heavy atom. The predicted molar refractivity (Wildman–Crippen MR) is 109 cm³/mol. The Kier molecular flexibility index (Phi) is 6.85. The van der Waals surface area contributed by atoms with E-state index in [1.165, 1.54) is 6.42 Å². The largest absolute Gasteiger partial charge is 0.349 e. The van der Waals surface area contributed by atoms with Crippen molar-refractivity contribution in [3.63, 3.8) is 0 Å². The highest BCUT2D eigenvalue weighted by molar-refractivity contribution is 6.45. The van der Waals surface area contributed by atoms with Gasteiger partial charge in [-0.05, 0) is 31.7 Å². The number of Topliss-reactive ketones (excluding diaryl/α,β-unsaturated/α-hetero) is 1. The normalized spacial score (nSPS) is 14.2. The molecule has 1 fully saturated rings. The molecule has 2 amide bonds. The van der Waals surface area contributed by atoms with Crippen molar-refractivity contribution < 1.29 is 14.4 Å². The molecule has 0 aliphatic carbocycles. The van der Waals surface area contributed by atoms with Gasteiger partial charge in [-0.2, -0.15) is 0 Å². The van der Waals surface area contributed by atoms with Gasteiger partial charge < -0.3 is 14.8 Å². The number of aromatic nitrogens is 1. The number of fused-ring (bicyclic) bond motifs is 1. The van der Waals surface area contributed by atoms with Crippen molar-refractivity contribution in [2.45, 2.75) is 52.0 Å². The van der Waals surface area contributed by atoms with Crippen LogP contribution in [0.4, 0.5) is 0 Å². The van der Waals surface area contributed by atoms with E-state index >= 15 is 0 Å². The number of hydrogen-bond acceptors (Lipinski definition) is 3. The van der Waals surface area contributed by atoms with Crippen molar-refractivity contribution in [2.75, 3.05) is 19.6 Å². The summed E-state index contributed by atoms with van der Waals surface area (Å²) in [6.45, 7) is 4.37. The number of nitrogens with zero attached hydrogens (tertiary/aromatic N) is 2. The van der Waals surface area contributed by atoms with Crippen LogP contribution in [0.5, 0.6) is 0 Å². The number of para-hydroxylation sites is 1. The van der Waals surface area contributed by atoms with Gasteiger partial charge in [0.15, 0.2) is 0 Å². The molecule has 0 radical (unpaired) electrons. The average molecular weight is 383 g/mol. The molecular formula is C22H29N3O3. The number of rotatable bonds is 8. The molecule has 0 bridgehead atoms. The molecule has 6 heteroatoms. The van der Waals surface area contributed by atoms with Gasteiger partial charge in [0.2, 0.25) is 5.91 Å². The third kappa shape index (κ3) is 4.61. The molecule has 1 N–H and O–H groups in total. The van der Waals surface area contributed by atoms with E-state index in [1.54, 1.807) is 10.8 Å². The van der Waals surface area contributed by atoms with E-state index in [4.69, 9.17) is 0 Å². The second-order valence-electron chi connectivity index (χ2n) is 7.42. The lowest BCUT2D eigenvalue weighted by molar-refractivity contribution is -0.132. The second kappa shape index (κ2) is 9.53.